The number of carbonyl (C=O) groups is 1. The van der Waals surface area contributed by atoms with Gasteiger partial charge in [0.2, 0.25) is 5.91 Å². The SMILES string of the molecule is Cc1cc(CCC(=O)N2CCC(n3cc(C4CC4)nn3)C2)ccc1F. The first kappa shape index (κ1) is 16.2. The molecule has 6 heteroatoms. The van der Waals surface area contributed by atoms with Crippen molar-refractivity contribution in [3.05, 3.63) is 47.0 Å². The molecule has 1 aliphatic heterocycles. The van der Waals surface area contributed by atoms with Crippen LogP contribution >= 0.6 is 0 Å². The molecule has 1 aromatic carbocycles. The summed E-state index contributed by atoms with van der Waals surface area (Å²) < 4.78 is 15.2. The molecule has 1 aliphatic carbocycles. The van der Waals surface area contributed by atoms with Crippen molar-refractivity contribution in [2.45, 2.75) is 51.0 Å². The molecule has 0 radical (unpaired) electrons. The summed E-state index contributed by atoms with van der Waals surface area (Å²) in [5.74, 6) is 0.565. The number of halogens is 1. The van der Waals surface area contributed by atoms with E-state index in [1.165, 1.54) is 18.9 Å². The van der Waals surface area contributed by atoms with Crippen LogP contribution in [-0.4, -0.2) is 38.9 Å². The number of likely N-dealkylation sites (tertiary alicyclic amines) is 1. The summed E-state index contributed by atoms with van der Waals surface area (Å²) in [6, 6.07) is 5.29. The molecule has 4 rings (SSSR count). The zero-order valence-electron chi connectivity index (χ0n) is 14.5. The number of hydrogen-bond acceptors (Lipinski definition) is 3. The first-order valence-electron chi connectivity index (χ1n) is 9.04. The molecule has 0 bridgehead atoms. The van der Waals surface area contributed by atoms with Crippen molar-refractivity contribution in [1.29, 1.82) is 0 Å². The molecular weight excluding hydrogens is 319 g/mol. The summed E-state index contributed by atoms with van der Waals surface area (Å²) in [4.78, 5) is 14.4. The Hall–Kier alpha value is -2.24. The van der Waals surface area contributed by atoms with Gasteiger partial charge in [0.15, 0.2) is 0 Å². The molecule has 132 valence electrons. The molecule has 25 heavy (non-hydrogen) atoms. The fourth-order valence-electron chi connectivity index (χ4n) is 3.49. The van der Waals surface area contributed by atoms with Gasteiger partial charge in [-0.15, -0.1) is 5.10 Å². The van der Waals surface area contributed by atoms with Gasteiger partial charge < -0.3 is 4.90 Å². The van der Waals surface area contributed by atoms with Crippen LogP contribution in [0.1, 0.15) is 54.5 Å². The van der Waals surface area contributed by atoms with Gasteiger partial charge in [-0.05, 0) is 49.8 Å². The molecule has 1 aromatic heterocycles. The first-order chi connectivity index (χ1) is 12.1. The highest BCUT2D eigenvalue weighted by atomic mass is 19.1. The van der Waals surface area contributed by atoms with E-state index < -0.39 is 0 Å². The van der Waals surface area contributed by atoms with Crippen LogP contribution < -0.4 is 0 Å². The second-order valence-electron chi connectivity index (χ2n) is 7.26. The summed E-state index contributed by atoms with van der Waals surface area (Å²) in [7, 11) is 0. The van der Waals surface area contributed by atoms with Gasteiger partial charge in [-0.1, -0.05) is 17.3 Å². The van der Waals surface area contributed by atoms with Crippen molar-refractivity contribution in [3.8, 4) is 0 Å². The molecule has 1 saturated carbocycles. The monoisotopic (exact) mass is 342 g/mol. The summed E-state index contributed by atoms with van der Waals surface area (Å²) in [5.41, 5.74) is 2.73. The number of rotatable bonds is 5. The molecular formula is C19H23FN4O. The van der Waals surface area contributed by atoms with E-state index >= 15 is 0 Å². The van der Waals surface area contributed by atoms with Crippen molar-refractivity contribution in [1.82, 2.24) is 19.9 Å². The zero-order chi connectivity index (χ0) is 17.4. The van der Waals surface area contributed by atoms with E-state index in [-0.39, 0.29) is 17.8 Å². The topological polar surface area (TPSA) is 51.0 Å². The van der Waals surface area contributed by atoms with Crippen molar-refractivity contribution >= 4 is 5.91 Å². The van der Waals surface area contributed by atoms with E-state index in [0.717, 1.165) is 24.2 Å². The second kappa shape index (κ2) is 6.58. The van der Waals surface area contributed by atoms with Gasteiger partial charge in [-0.25, -0.2) is 9.07 Å². The van der Waals surface area contributed by atoms with Gasteiger partial charge in [0.05, 0.1) is 11.7 Å². The van der Waals surface area contributed by atoms with Gasteiger partial charge in [0.25, 0.3) is 0 Å². The highest BCUT2D eigenvalue weighted by molar-refractivity contribution is 5.76. The maximum atomic E-state index is 13.3. The highest BCUT2D eigenvalue weighted by Gasteiger charge is 2.31. The Labute approximate surface area is 146 Å². The Morgan fingerprint density at radius 3 is 2.92 bits per heavy atom. The van der Waals surface area contributed by atoms with E-state index in [2.05, 4.69) is 16.5 Å². The van der Waals surface area contributed by atoms with Crippen LogP contribution in [0.2, 0.25) is 0 Å². The number of benzene rings is 1. The molecule has 5 nitrogen and oxygen atoms in total. The molecule has 1 saturated heterocycles. The fraction of sp³-hybridized carbons (Fsp3) is 0.526. The van der Waals surface area contributed by atoms with E-state index in [0.29, 0.717) is 30.9 Å². The number of hydrogen-bond donors (Lipinski definition) is 0. The minimum Gasteiger partial charge on any atom is -0.340 e. The Kier molecular flexibility index (Phi) is 4.27. The summed E-state index contributed by atoms with van der Waals surface area (Å²) in [6.07, 6.45) is 6.53. The number of aromatic nitrogens is 3. The van der Waals surface area contributed by atoms with Crippen LogP contribution in [0.5, 0.6) is 0 Å². The second-order valence-corrected chi connectivity index (χ2v) is 7.26. The zero-order valence-corrected chi connectivity index (χ0v) is 14.5. The number of carbonyl (C=O) groups excluding carboxylic acids is 1. The molecule has 2 aromatic rings. The molecule has 2 aliphatic rings. The summed E-state index contributed by atoms with van der Waals surface area (Å²) in [6.45, 7) is 3.22. The maximum Gasteiger partial charge on any atom is 0.222 e. The van der Waals surface area contributed by atoms with E-state index in [1.807, 2.05) is 15.6 Å². The third-order valence-corrected chi connectivity index (χ3v) is 5.26. The lowest BCUT2D eigenvalue weighted by Crippen LogP contribution is -2.29. The molecule has 0 N–H and O–H groups in total. The van der Waals surface area contributed by atoms with Crippen LogP contribution in [0.25, 0.3) is 0 Å². The maximum absolute atomic E-state index is 13.3. The lowest BCUT2D eigenvalue weighted by atomic mass is 10.1. The fourth-order valence-corrected chi connectivity index (χ4v) is 3.49. The van der Waals surface area contributed by atoms with E-state index in [4.69, 9.17) is 0 Å². The minimum absolute atomic E-state index is 0.159. The van der Waals surface area contributed by atoms with Gasteiger partial charge in [-0.3, -0.25) is 4.79 Å². The van der Waals surface area contributed by atoms with Crippen LogP contribution in [0.15, 0.2) is 24.4 Å². The third kappa shape index (κ3) is 3.57. The molecule has 1 atom stereocenters. The van der Waals surface area contributed by atoms with Gasteiger partial charge in [0.1, 0.15) is 5.82 Å². The molecule has 2 fully saturated rings. The normalized spacial score (nSPS) is 20.2. The Morgan fingerprint density at radius 2 is 2.16 bits per heavy atom. The smallest absolute Gasteiger partial charge is 0.222 e. The molecule has 1 amide bonds. The first-order valence-corrected chi connectivity index (χ1v) is 9.04. The van der Waals surface area contributed by atoms with Crippen LogP contribution in [-0.2, 0) is 11.2 Å². The predicted octanol–water partition coefficient (Wildman–Crippen LogP) is 3.01. The standard InChI is InChI=1S/C19H23FN4O/c1-13-10-14(2-6-17(13)20)3-7-19(25)23-9-8-16(11-23)24-12-18(21-22-24)15-4-5-15/h2,6,10,12,15-16H,3-5,7-9,11H2,1H3. The summed E-state index contributed by atoms with van der Waals surface area (Å²) in [5, 5.41) is 8.52. The number of amides is 1. The Morgan fingerprint density at radius 1 is 1.32 bits per heavy atom. The summed E-state index contributed by atoms with van der Waals surface area (Å²) >= 11 is 0. The number of nitrogens with zero attached hydrogens (tertiary/aromatic N) is 4. The quantitative estimate of drug-likeness (QED) is 0.839. The Bertz CT molecular complexity index is 783. The van der Waals surface area contributed by atoms with Crippen molar-refractivity contribution < 1.29 is 9.18 Å². The third-order valence-electron chi connectivity index (χ3n) is 5.26. The van der Waals surface area contributed by atoms with Crippen molar-refractivity contribution in [3.63, 3.8) is 0 Å². The van der Waals surface area contributed by atoms with Crippen molar-refractivity contribution in [2.75, 3.05) is 13.1 Å². The van der Waals surface area contributed by atoms with Crippen molar-refractivity contribution in [2.24, 2.45) is 0 Å². The average Bonchev–Trinajstić information content (AvgIpc) is 3.13. The molecule has 0 spiro atoms. The lowest BCUT2D eigenvalue weighted by Gasteiger charge is -2.16. The van der Waals surface area contributed by atoms with Gasteiger partial charge in [-0.2, -0.15) is 0 Å². The average molecular weight is 342 g/mol. The van der Waals surface area contributed by atoms with Gasteiger partial charge in [0, 0.05) is 31.6 Å². The Balaban J connectivity index is 1.31. The van der Waals surface area contributed by atoms with Crippen LogP contribution in [0.4, 0.5) is 4.39 Å². The highest BCUT2D eigenvalue weighted by Crippen LogP contribution is 2.39. The number of aryl methyl sites for hydroxylation is 2. The molecule has 1 unspecified atom stereocenters. The molecule has 2 heterocycles. The minimum atomic E-state index is -0.198. The van der Waals surface area contributed by atoms with Gasteiger partial charge >= 0.3 is 0 Å². The predicted molar refractivity (Wildman–Crippen MR) is 91.7 cm³/mol. The van der Waals surface area contributed by atoms with Crippen LogP contribution in [0.3, 0.4) is 0 Å². The van der Waals surface area contributed by atoms with E-state index in [9.17, 15) is 9.18 Å². The van der Waals surface area contributed by atoms with E-state index in [1.54, 1.807) is 13.0 Å². The largest absolute Gasteiger partial charge is 0.340 e. The van der Waals surface area contributed by atoms with Crippen LogP contribution in [0, 0.1) is 12.7 Å². The lowest BCUT2D eigenvalue weighted by molar-refractivity contribution is -0.130.